The molecule has 2 rings (SSSR count). The minimum absolute atomic E-state index is 0.327. The molecule has 0 spiro atoms. The van der Waals surface area contributed by atoms with Crippen LogP contribution in [0.2, 0.25) is 0 Å². The zero-order chi connectivity index (χ0) is 16.2. The molecule has 0 aromatic carbocycles. The summed E-state index contributed by atoms with van der Waals surface area (Å²) in [4.78, 5) is 8.95. The van der Waals surface area contributed by atoms with Crippen molar-refractivity contribution in [3.8, 4) is 0 Å². The first-order chi connectivity index (χ1) is 10.4. The minimum atomic E-state index is -3.08. The van der Waals surface area contributed by atoms with Gasteiger partial charge >= 0.3 is 0 Å². The summed E-state index contributed by atoms with van der Waals surface area (Å²) in [5.41, 5.74) is 0.961. The van der Waals surface area contributed by atoms with Gasteiger partial charge in [0.05, 0.1) is 6.26 Å². The molecule has 1 fully saturated rings. The molecule has 1 atom stereocenters. The maximum atomic E-state index is 11.7. The van der Waals surface area contributed by atoms with Crippen LogP contribution in [0.3, 0.4) is 0 Å². The molecular formula is C15H26N4O2S. The van der Waals surface area contributed by atoms with E-state index in [1.165, 1.54) is 6.26 Å². The number of sulfonamides is 1. The van der Waals surface area contributed by atoms with Crippen molar-refractivity contribution in [2.75, 3.05) is 31.2 Å². The summed E-state index contributed by atoms with van der Waals surface area (Å²) in [6, 6.07) is 1.94. The van der Waals surface area contributed by atoms with E-state index in [4.69, 9.17) is 0 Å². The number of rotatable bonds is 6. The number of aryl methyl sites for hydroxylation is 2. The zero-order valence-electron chi connectivity index (χ0n) is 13.7. The second kappa shape index (κ2) is 7.37. The van der Waals surface area contributed by atoms with Crippen molar-refractivity contribution in [2.45, 2.75) is 39.5 Å². The highest BCUT2D eigenvalue weighted by atomic mass is 32.2. The van der Waals surface area contributed by atoms with Crippen molar-refractivity contribution in [2.24, 2.45) is 5.92 Å². The third-order valence-corrected chi connectivity index (χ3v) is 5.17. The molecule has 1 N–H and O–H groups in total. The van der Waals surface area contributed by atoms with Gasteiger partial charge in [0.2, 0.25) is 10.0 Å². The first-order valence-corrected chi connectivity index (χ1v) is 9.77. The van der Waals surface area contributed by atoms with Gasteiger partial charge in [-0.05, 0) is 32.1 Å². The standard InChI is InChI=1S/C15H26N4O2S/c1-4-6-14-17-12(2)9-15(18-14)16-10-13-7-5-8-19(11-13)22(3,20)21/h9,13H,4-8,10-11H2,1-3H3,(H,16,17,18). The maximum absolute atomic E-state index is 11.7. The van der Waals surface area contributed by atoms with Gasteiger partial charge in [0.15, 0.2) is 0 Å². The number of piperidine rings is 1. The van der Waals surface area contributed by atoms with E-state index in [-0.39, 0.29) is 0 Å². The average Bonchev–Trinajstić information content (AvgIpc) is 2.44. The van der Waals surface area contributed by atoms with Crippen LogP contribution in [0, 0.1) is 12.8 Å². The summed E-state index contributed by atoms with van der Waals surface area (Å²) in [6.07, 6.45) is 5.15. The highest BCUT2D eigenvalue weighted by molar-refractivity contribution is 7.88. The second-order valence-corrected chi connectivity index (χ2v) is 8.05. The molecule has 0 saturated carbocycles. The highest BCUT2D eigenvalue weighted by Gasteiger charge is 2.25. The molecule has 1 unspecified atom stereocenters. The average molecular weight is 326 g/mol. The van der Waals surface area contributed by atoms with Gasteiger partial charge in [-0.15, -0.1) is 0 Å². The first-order valence-electron chi connectivity index (χ1n) is 7.92. The van der Waals surface area contributed by atoms with Crippen molar-refractivity contribution in [1.82, 2.24) is 14.3 Å². The predicted octanol–water partition coefficient (Wildman–Crippen LogP) is 1.82. The Morgan fingerprint density at radius 2 is 2.18 bits per heavy atom. The van der Waals surface area contributed by atoms with Crippen molar-refractivity contribution < 1.29 is 8.42 Å². The quantitative estimate of drug-likeness (QED) is 0.863. The van der Waals surface area contributed by atoms with Crippen LogP contribution in [-0.4, -0.2) is 48.6 Å². The van der Waals surface area contributed by atoms with E-state index in [0.29, 0.717) is 19.0 Å². The zero-order valence-corrected chi connectivity index (χ0v) is 14.5. The Morgan fingerprint density at radius 1 is 1.41 bits per heavy atom. The molecule has 1 aliphatic heterocycles. The van der Waals surface area contributed by atoms with E-state index in [9.17, 15) is 8.42 Å². The molecule has 2 heterocycles. The van der Waals surface area contributed by atoms with Gasteiger partial charge in [-0.25, -0.2) is 22.7 Å². The van der Waals surface area contributed by atoms with Gasteiger partial charge in [-0.2, -0.15) is 0 Å². The molecule has 0 radical (unpaired) electrons. The molecule has 1 aliphatic rings. The molecule has 22 heavy (non-hydrogen) atoms. The Hall–Kier alpha value is -1.21. The fourth-order valence-corrected chi connectivity index (χ4v) is 3.74. The van der Waals surface area contributed by atoms with Crippen LogP contribution in [0.4, 0.5) is 5.82 Å². The predicted molar refractivity (Wildman–Crippen MR) is 88.4 cm³/mol. The largest absolute Gasteiger partial charge is 0.370 e. The van der Waals surface area contributed by atoms with Gasteiger partial charge in [-0.3, -0.25) is 0 Å². The van der Waals surface area contributed by atoms with E-state index >= 15 is 0 Å². The summed E-state index contributed by atoms with van der Waals surface area (Å²) in [6.45, 7) is 6.06. The van der Waals surface area contributed by atoms with E-state index in [0.717, 1.165) is 49.6 Å². The van der Waals surface area contributed by atoms with Crippen molar-refractivity contribution >= 4 is 15.8 Å². The van der Waals surface area contributed by atoms with Gasteiger partial charge in [0.25, 0.3) is 0 Å². The Labute approximate surface area is 133 Å². The number of nitrogens with one attached hydrogen (secondary N) is 1. The lowest BCUT2D eigenvalue weighted by molar-refractivity contribution is 0.276. The third kappa shape index (κ3) is 4.91. The summed E-state index contributed by atoms with van der Waals surface area (Å²) < 4.78 is 24.9. The topological polar surface area (TPSA) is 75.2 Å². The van der Waals surface area contributed by atoms with Crippen molar-refractivity contribution in [3.05, 3.63) is 17.6 Å². The molecule has 1 saturated heterocycles. The molecule has 124 valence electrons. The lowest BCUT2D eigenvalue weighted by Crippen LogP contribution is -2.41. The third-order valence-electron chi connectivity index (χ3n) is 3.90. The Balaban J connectivity index is 1.95. The Morgan fingerprint density at radius 3 is 2.86 bits per heavy atom. The number of anilines is 1. The SMILES string of the molecule is CCCc1nc(C)cc(NCC2CCCN(S(C)(=O)=O)C2)n1. The van der Waals surface area contributed by atoms with Crippen LogP contribution in [0.5, 0.6) is 0 Å². The molecule has 6 nitrogen and oxygen atoms in total. The van der Waals surface area contributed by atoms with Gasteiger partial charge in [0, 0.05) is 37.8 Å². The number of hydrogen-bond acceptors (Lipinski definition) is 5. The molecule has 0 bridgehead atoms. The Kier molecular flexibility index (Phi) is 5.74. The van der Waals surface area contributed by atoms with Crippen molar-refractivity contribution in [1.29, 1.82) is 0 Å². The van der Waals surface area contributed by atoms with Gasteiger partial charge in [-0.1, -0.05) is 6.92 Å². The van der Waals surface area contributed by atoms with E-state index in [1.807, 2.05) is 13.0 Å². The lowest BCUT2D eigenvalue weighted by Gasteiger charge is -2.31. The van der Waals surface area contributed by atoms with Crippen LogP contribution in [0.15, 0.2) is 6.07 Å². The van der Waals surface area contributed by atoms with Crippen LogP contribution < -0.4 is 5.32 Å². The molecule has 7 heteroatoms. The van der Waals surface area contributed by atoms with Crippen LogP contribution in [-0.2, 0) is 16.4 Å². The molecule has 1 aromatic rings. The lowest BCUT2D eigenvalue weighted by atomic mass is 10.00. The summed E-state index contributed by atoms with van der Waals surface area (Å²) in [7, 11) is -3.08. The molecular weight excluding hydrogens is 300 g/mol. The summed E-state index contributed by atoms with van der Waals surface area (Å²) >= 11 is 0. The summed E-state index contributed by atoms with van der Waals surface area (Å²) in [5.74, 6) is 2.03. The minimum Gasteiger partial charge on any atom is -0.370 e. The first kappa shape index (κ1) is 17.1. The van der Waals surface area contributed by atoms with Crippen molar-refractivity contribution in [3.63, 3.8) is 0 Å². The van der Waals surface area contributed by atoms with Crippen LogP contribution >= 0.6 is 0 Å². The smallest absolute Gasteiger partial charge is 0.211 e. The maximum Gasteiger partial charge on any atom is 0.211 e. The number of nitrogens with zero attached hydrogens (tertiary/aromatic N) is 3. The number of aromatic nitrogens is 2. The van der Waals surface area contributed by atoms with Gasteiger partial charge in [0.1, 0.15) is 11.6 Å². The van der Waals surface area contributed by atoms with E-state index < -0.39 is 10.0 Å². The van der Waals surface area contributed by atoms with Crippen LogP contribution in [0.1, 0.15) is 37.7 Å². The molecule has 0 aliphatic carbocycles. The summed E-state index contributed by atoms with van der Waals surface area (Å²) in [5, 5.41) is 3.35. The van der Waals surface area contributed by atoms with Gasteiger partial charge < -0.3 is 5.32 Å². The fraction of sp³-hybridized carbons (Fsp3) is 0.733. The van der Waals surface area contributed by atoms with Crippen LogP contribution in [0.25, 0.3) is 0 Å². The molecule has 1 aromatic heterocycles. The normalized spacial score (nSPS) is 20.0. The van der Waals surface area contributed by atoms with E-state index in [2.05, 4.69) is 22.2 Å². The molecule has 0 amide bonds. The second-order valence-electron chi connectivity index (χ2n) is 6.07. The number of hydrogen-bond donors (Lipinski definition) is 1. The monoisotopic (exact) mass is 326 g/mol. The fourth-order valence-electron chi connectivity index (χ4n) is 2.80. The highest BCUT2D eigenvalue weighted by Crippen LogP contribution is 2.19. The Bertz CT molecular complexity index is 604. The van der Waals surface area contributed by atoms with E-state index in [1.54, 1.807) is 4.31 Å².